The zero-order valence-corrected chi connectivity index (χ0v) is 7.83. The summed E-state index contributed by atoms with van der Waals surface area (Å²) in [6, 6.07) is 1.45. The summed E-state index contributed by atoms with van der Waals surface area (Å²) in [5.41, 5.74) is 0.598. The molecule has 0 unspecified atom stereocenters. The van der Waals surface area contributed by atoms with Crippen molar-refractivity contribution in [3.63, 3.8) is 0 Å². The normalized spacial score (nSPS) is 10.4. The molecule has 0 aromatic carbocycles. The van der Waals surface area contributed by atoms with E-state index in [9.17, 15) is 10.1 Å². The maximum absolute atomic E-state index is 10.5. The summed E-state index contributed by atoms with van der Waals surface area (Å²) in [6.07, 6.45) is 4.47. The molecule has 0 saturated heterocycles. The van der Waals surface area contributed by atoms with E-state index in [1.807, 2.05) is 0 Å². The molecule has 0 spiro atoms. The van der Waals surface area contributed by atoms with Gasteiger partial charge in [0.2, 0.25) is 0 Å². The first-order chi connectivity index (χ1) is 7.22. The summed E-state index contributed by atoms with van der Waals surface area (Å²) in [5, 5.41) is 15.2. The monoisotopic (exact) mass is 204 g/mol. The predicted molar refractivity (Wildman–Crippen MR) is 54.4 cm³/mol. The molecule has 0 atom stereocenters. The van der Waals surface area contributed by atoms with E-state index in [2.05, 4.69) is 16.7 Å². The molecule has 0 saturated carbocycles. The van der Waals surface area contributed by atoms with E-state index in [0.717, 1.165) is 0 Å². The zero-order chi connectivity index (χ0) is 10.8. The molecule has 0 bridgehead atoms. The van der Waals surface area contributed by atoms with Gasteiger partial charge >= 0.3 is 0 Å². The minimum Gasteiger partial charge on any atom is -0.258 e. The Labute approximate surface area is 85.0 Å². The molecule has 0 aliphatic heterocycles. The first-order valence-corrected chi connectivity index (χ1v) is 4.29. The second kappa shape index (κ2) is 3.49. The van der Waals surface area contributed by atoms with Crippen LogP contribution in [0.25, 0.3) is 11.0 Å². The largest absolute Gasteiger partial charge is 0.288 e. The molecule has 15 heavy (non-hydrogen) atoms. The standard InChI is InChI=1S/C9H8N4O2/c1-2-3-12-9-7(5-11-12)4-8(6-10-9)13(14)15/h2,4-6H,1,3H2. The highest BCUT2D eigenvalue weighted by atomic mass is 16.6. The Balaban J connectivity index is 2.56. The molecule has 0 fully saturated rings. The van der Waals surface area contributed by atoms with Crippen LogP contribution in [0.5, 0.6) is 0 Å². The van der Waals surface area contributed by atoms with Gasteiger partial charge in [0.15, 0.2) is 5.65 Å². The average Bonchev–Trinajstić information content (AvgIpc) is 2.61. The van der Waals surface area contributed by atoms with Crippen LogP contribution in [-0.2, 0) is 6.54 Å². The number of aromatic nitrogens is 3. The SMILES string of the molecule is C=CCn1ncc2cc([N+](=O)[O-])cnc21. The second-order valence-electron chi connectivity index (χ2n) is 2.98. The Kier molecular flexibility index (Phi) is 2.17. The van der Waals surface area contributed by atoms with Crippen molar-refractivity contribution in [1.29, 1.82) is 0 Å². The molecule has 2 rings (SSSR count). The number of rotatable bonds is 3. The topological polar surface area (TPSA) is 73.8 Å². The van der Waals surface area contributed by atoms with Crippen molar-refractivity contribution in [3.05, 3.63) is 41.2 Å². The lowest BCUT2D eigenvalue weighted by Crippen LogP contribution is -1.98. The summed E-state index contributed by atoms with van der Waals surface area (Å²) >= 11 is 0. The fraction of sp³-hybridized carbons (Fsp3) is 0.111. The Hall–Kier alpha value is -2.24. The van der Waals surface area contributed by atoms with Crippen LogP contribution in [0.1, 0.15) is 0 Å². The number of hydrogen-bond acceptors (Lipinski definition) is 4. The highest BCUT2D eigenvalue weighted by Gasteiger charge is 2.10. The van der Waals surface area contributed by atoms with E-state index in [0.29, 0.717) is 17.6 Å². The third kappa shape index (κ3) is 1.56. The van der Waals surface area contributed by atoms with Gasteiger partial charge in [-0.3, -0.25) is 10.1 Å². The third-order valence-electron chi connectivity index (χ3n) is 1.97. The lowest BCUT2D eigenvalue weighted by atomic mass is 10.3. The molecule has 0 aliphatic rings. The van der Waals surface area contributed by atoms with Gasteiger partial charge < -0.3 is 0 Å². The van der Waals surface area contributed by atoms with Crippen molar-refractivity contribution in [1.82, 2.24) is 14.8 Å². The average molecular weight is 204 g/mol. The highest BCUT2D eigenvalue weighted by molar-refractivity contribution is 5.76. The van der Waals surface area contributed by atoms with Crippen molar-refractivity contribution in [2.45, 2.75) is 6.54 Å². The lowest BCUT2D eigenvalue weighted by Gasteiger charge is -1.96. The minimum absolute atomic E-state index is 0.0272. The number of fused-ring (bicyclic) bond motifs is 1. The quantitative estimate of drug-likeness (QED) is 0.431. The van der Waals surface area contributed by atoms with Crippen molar-refractivity contribution < 1.29 is 4.92 Å². The van der Waals surface area contributed by atoms with Crippen LogP contribution in [0.4, 0.5) is 5.69 Å². The minimum atomic E-state index is -0.475. The van der Waals surface area contributed by atoms with Crippen molar-refractivity contribution >= 4 is 16.7 Å². The molecule has 6 heteroatoms. The summed E-state index contributed by atoms with van der Waals surface area (Å²) in [6.45, 7) is 4.13. The van der Waals surface area contributed by atoms with Gasteiger partial charge in [0.25, 0.3) is 5.69 Å². The van der Waals surface area contributed by atoms with Crippen molar-refractivity contribution in [2.24, 2.45) is 0 Å². The summed E-state index contributed by atoms with van der Waals surface area (Å²) in [5.74, 6) is 0. The van der Waals surface area contributed by atoms with Gasteiger partial charge in [-0.25, -0.2) is 9.67 Å². The van der Waals surface area contributed by atoms with E-state index in [1.54, 1.807) is 17.0 Å². The first-order valence-electron chi connectivity index (χ1n) is 4.29. The van der Waals surface area contributed by atoms with Gasteiger partial charge in [0.1, 0.15) is 6.20 Å². The smallest absolute Gasteiger partial charge is 0.258 e. The molecule has 6 nitrogen and oxygen atoms in total. The summed E-state index contributed by atoms with van der Waals surface area (Å²) in [4.78, 5) is 14.0. The Morgan fingerprint density at radius 2 is 2.40 bits per heavy atom. The first kappa shape index (κ1) is 9.32. The molecular formula is C9H8N4O2. The molecular weight excluding hydrogens is 196 g/mol. The van der Waals surface area contributed by atoms with Crippen LogP contribution < -0.4 is 0 Å². The van der Waals surface area contributed by atoms with Crippen LogP contribution in [0.3, 0.4) is 0 Å². The zero-order valence-electron chi connectivity index (χ0n) is 7.83. The molecule has 0 aliphatic carbocycles. The molecule has 2 aromatic heterocycles. The predicted octanol–water partition coefficient (Wildman–Crippen LogP) is 1.53. The van der Waals surface area contributed by atoms with Crippen molar-refractivity contribution in [2.75, 3.05) is 0 Å². The van der Waals surface area contributed by atoms with E-state index in [4.69, 9.17) is 0 Å². The molecule has 2 heterocycles. The van der Waals surface area contributed by atoms with Crippen molar-refractivity contribution in [3.8, 4) is 0 Å². The third-order valence-corrected chi connectivity index (χ3v) is 1.97. The molecule has 0 amide bonds. The summed E-state index contributed by atoms with van der Waals surface area (Å²) < 4.78 is 1.63. The number of nitrogens with zero attached hydrogens (tertiary/aromatic N) is 4. The maximum atomic E-state index is 10.5. The Bertz CT molecular complexity index is 532. The van der Waals surface area contributed by atoms with Crippen LogP contribution in [-0.4, -0.2) is 19.7 Å². The van der Waals surface area contributed by atoms with Crippen LogP contribution in [0.2, 0.25) is 0 Å². The van der Waals surface area contributed by atoms with Gasteiger partial charge in [-0.05, 0) is 0 Å². The van der Waals surface area contributed by atoms with Crippen LogP contribution in [0, 0.1) is 10.1 Å². The van der Waals surface area contributed by atoms with E-state index >= 15 is 0 Å². The second-order valence-corrected chi connectivity index (χ2v) is 2.98. The van der Waals surface area contributed by atoms with Gasteiger partial charge in [-0.1, -0.05) is 6.08 Å². The number of pyridine rings is 1. The number of nitro groups is 1. The van der Waals surface area contributed by atoms with Gasteiger partial charge in [0.05, 0.1) is 17.7 Å². The Morgan fingerprint density at radius 3 is 3.07 bits per heavy atom. The fourth-order valence-electron chi connectivity index (χ4n) is 1.32. The molecule has 0 radical (unpaired) electrons. The van der Waals surface area contributed by atoms with Gasteiger partial charge in [-0.2, -0.15) is 5.10 Å². The van der Waals surface area contributed by atoms with Gasteiger partial charge in [-0.15, -0.1) is 6.58 Å². The molecule has 76 valence electrons. The number of allylic oxidation sites excluding steroid dienone is 1. The van der Waals surface area contributed by atoms with Crippen LogP contribution in [0.15, 0.2) is 31.1 Å². The highest BCUT2D eigenvalue weighted by Crippen LogP contribution is 2.17. The van der Waals surface area contributed by atoms with Crippen LogP contribution >= 0.6 is 0 Å². The number of hydrogen-bond donors (Lipinski definition) is 0. The van der Waals surface area contributed by atoms with E-state index < -0.39 is 4.92 Å². The molecule has 2 aromatic rings. The van der Waals surface area contributed by atoms with E-state index in [1.165, 1.54) is 12.3 Å². The molecule has 0 N–H and O–H groups in total. The Morgan fingerprint density at radius 1 is 1.60 bits per heavy atom. The summed E-state index contributed by atoms with van der Waals surface area (Å²) in [7, 11) is 0. The van der Waals surface area contributed by atoms with Gasteiger partial charge in [0, 0.05) is 11.5 Å². The fourth-order valence-corrected chi connectivity index (χ4v) is 1.32. The van der Waals surface area contributed by atoms with E-state index in [-0.39, 0.29) is 5.69 Å². The lowest BCUT2D eigenvalue weighted by molar-refractivity contribution is -0.385. The maximum Gasteiger partial charge on any atom is 0.288 e.